The Hall–Kier alpha value is -8.45. The van der Waals surface area contributed by atoms with E-state index in [9.17, 15) is 10.5 Å². The Labute approximate surface area is 340 Å². The minimum absolute atomic E-state index is 0.577. The normalized spacial score (nSPS) is 11.0. The lowest BCUT2D eigenvalue weighted by molar-refractivity contribution is 0.670. The molecule has 0 bridgehead atoms. The van der Waals surface area contributed by atoms with Crippen molar-refractivity contribution in [3.05, 3.63) is 199 Å². The highest BCUT2D eigenvalue weighted by Crippen LogP contribution is 2.44. The van der Waals surface area contributed by atoms with Crippen LogP contribution >= 0.6 is 0 Å². The summed E-state index contributed by atoms with van der Waals surface area (Å²) in [6.07, 6.45) is 0. The molecule has 274 valence electrons. The number of aromatic nitrogens is 3. The SMILES string of the molecule is N#Cc1ccc(-c2cc(-c3ccc(C#N)cc3)cc(-c3ccc4c(oc5ccccc54)c3-c3ccc(-c4nc(-c5ccccc5)nc(-c5ccccc5)n4)cc3)c2)cc1. The molecule has 2 heterocycles. The molecule has 0 saturated carbocycles. The van der Waals surface area contributed by atoms with Crippen molar-refractivity contribution in [2.45, 2.75) is 0 Å². The fraction of sp³-hybridized carbons (Fsp3) is 0. The van der Waals surface area contributed by atoms with Gasteiger partial charge in [-0.05, 0) is 93.5 Å². The minimum atomic E-state index is 0.577. The lowest BCUT2D eigenvalue weighted by Crippen LogP contribution is -2.00. The Morgan fingerprint density at radius 2 is 0.797 bits per heavy atom. The van der Waals surface area contributed by atoms with E-state index < -0.39 is 0 Å². The van der Waals surface area contributed by atoms with Crippen LogP contribution in [0.15, 0.2) is 192 Å². The number of nitriles is 2. The molecule has 0 atom stereocenters. The lowest BCUT2D eigenvalue weighted by Gasteiger charge is -2.16. The van der Waals surface area contributed by atoms with E-state index in [1.807, 2.05) is 127 Å². The largest absolute Gasteiger partial charge is 0.455 e. The van der Waals surface area contributed by atoms with Gasteiger partial charge in [-0.3, -0.25) is 0 Å². The monoisotopic (exact) mass is 753 g/mol. The van der Waals surface area contributed by atoms with E-state index in [2.05, 4.69) is 72.8 Å². The fourth-order valence-corrected chi connectivity index (χ4v) is 7.63. The summed E-state index contributed by atoms with van der Waals surface area (Å²) in [5.41, 5.74) is 13.4. The second-order valence-corrected chi connectivity index (χ2v) is 14.3. The third kappa shape index (κ3) is 6.68. The van der Waals surface area contributed by atoms with Crippen LogP contribution in [0.3, 0.4) is 0 Å². The van der Waals surface area contributed by atoms with E-state index >= 15 is 0 Å². The Kier molecular flexibility index (Phi) is 8.84. The zero-order valence-corrected chi connectivity index (χ0v) is 31.5. The summed E-state index contributed by atoms with van der Waals surface area (Å²) in [5.74, 6) is 1.79. The molecule has 0 N–H and O–H groups in total. The Morgan fingerprint density at radius 1 is 0.356 bits per heavy atom. The number of fused-ring (bicyclic) bond motifs is 3. The van der Waals surface area contributed by atoms with Crippen LogP contribution < -0.4 is 0 Å². The molecule has 10 aromatic rings. The van der Waals surface area contributed by atoms with Crippen LogP contribution in [0.1, 0.15) is 11.1 Å². The summed E-state index contributed by atoms with van der Waals surface area (Å²) in [4.78, 5) is 14.8. The van der Waals surface area contributed by atoms with E-state index in [1.165, 1.54) is 0 Å². The summed E-state index contributed by atoms with van der Waals surface area (Å²) in [7, 11) is 0. The van der Waals surface area contributed by atoms with Crippen LogP contribution in [0.5, 0.6) is 0 Å². The molecular weight excluding hydrogens is 723 g/mol. The molecule has 6 nitrogen and oxygen atoms in total. The molecule has 0 fully saturated rings. The smallest absolute Gasteiger partial charge is 0.164 e. The van der Waals surface area contributed by atoms with Crippen molar-refractivity contribution in [2.24, 2.45) is 0 Å². The first kappa shape index (κ1) is 35.0. The molecule has 8 aromatic carbocycles. The zero-order valence-electron chi connectivity index (χ0n) is 31.5. The summed E-state index contributed by atoms with van der Waals surface area (Å²) < 4.78 is 6.73. The van der Waals surface area contributed by atoms with Crippen LogP contribution in [-0.4, -0.2) is 15.0 Å². The van der Waals surface area contributed by atoms with Gasteiger partial charge in [-0.2, -0.15) is 10.5 Å². The number of hydrogen-bond acceptors (Lipinski definition) is 6. The van der Waals surface area contributed by atoms with Crippen LogP contribution in [0.4, 0.5) is 0 Å². The molecule has 0 aliphatic heterocycles. The molecule has 0 aliphatic rings. The zero-order chi connectivity index (χ0) is 39.7. The first-order valence-electron chi connectivity index (χ1n) is 19.2. The van der Waals surface area contributed by atoms with Crippen molar-refractivity contribution in [1.29, 1.82) is 10.5 Å². The maximum atomic E-state index is 9.51. The predicted octanol–water partition coefficient (Wildman–Crippen LogP) is 13.2. The average Bonchev–Trinajstić information content (AvgIpc) is 3.70. The van der Waals surface area contributed by atoms with Crippen LogP contribution in [0.25, 0.3) is 101 Å². The predicted molar refractivity (Wildman–Crippen MR) is 235 cm³/mol. The molecule has 0 spiro atoms. The second kappa shape index (κ2) is 14.9. The molecule has 0 radical (unpaired) electrons. The minimum Gasteiger partial charge on any atom is -0.455 e. The van der Waals surface area contributed by atoms with Gasteiger partial charge in [0.1, 0.15) is 11.2 Å². The molecule has 0 aliphatic carbocycles. The first-order valence-corrected chi connectivity index (χ1v) is 19.2. The standard InChI is InChI=1S/C53H31N5O/c54-32-34-15-19-36(20-16-34)42-29-43(37-21-17-35(33-55)18-22-37)31-44(30-42)45-27-28-47-46-13-7-8-14-48(46)59-50(47)49(45)38-23-25-41(26-24-38)53-57-51(39-9-3-1-4-10-39)56-52(58-53)40-11-5-2-6-12-40/h1-31H. The first-order chi connectivity index (χ1) is 29.1. The van der Waals surface area contributed by atoms with Gasteiger partial charge in [0, 0.05) is 33.0 Å². The Bertz CT molecular complexity index is 3120. The van der Waals surface area contributed by atoms with Crippen molar-refractivity contribution in [3.8, 4) is 90.8 Å². The highest BCUT2D eigenvalue weighted by atomic mass is 16.3. The average molecular weight is 754 g/mol. The highest BCUT2D eigenvalue weighted by molar-refractivity contribution is 6.13. The number of rotatable bonds is 7. The van der Waals surface area contributed by atoms with Crippen molar-refractivity contribution in [1.82, 2.24) is 15.0 Å². The Morgan fingerprint density at radius 3 is 1.32 bits per heavy atom. The maximum Gasteiger partial charge on any atom is 0.164 e. The topological polar surface area (TPSA) is 99.4 Å². The lowest BCUT2D eigenvalue weighted by atomic mass is 9.88. The second-order valence-electron chi connectivity index (χ2n) is 14.3. The van der Waals surface area contributed by atoms with E-state index in [0.717, 1.165) is 83.1 Å². The van der Waals surface area contributed by atoms with E-state index in [-0.39, 0.29) is 0 Å². The van der Waals surface area contributed by atoms with E-state index in [1.54, 1.807) is 0 Å². The molecule has 0 amide bonds. The van der Waals surface area contributed by atoms with Gasteiger partial charge in [-0.25, -0.2) is 15.0 Å². The molecular formula is C53H31N5O. The van der Waals surface area contributed by atoms with Crippen molar-refractivity contribution in [3.63, 3.8) is 0 Å². The number of para-hydroxylation sites is 1. The quantitative estimate of drug-likeness (QED) is 0.161. The van der Waals surface area contributed by atoms with Gasteiger partial charge in [-0.15, -0.1) is 0 Å². The molecule has 0 saturated heterocycles. The number of furan rings is 1. The summed E-state index contributed by atoms with van der Waals surface area (Å²) in [5, 5.41) is 21.1. The molecule has 59 heavy (non-hydrogen) atoms. The van der Waals surface area contributed by atoms with Crippen molar-refractivity contribution < 1.29 is 4.42 Å². The van der Waals surface area contributed by atoms with E-state index in [4.69, 9.17) is 19.4 Å². The molecule has 2 aromatic heterocycles. The van der Waals surface area contributed by atoms with Crippen LogP contribution in [-0.2, 0) is 0 Å². The summed E-state index contributed by atoms with van der Waals surface area (Å²) >= 11 is 0. The van der Waals surface area contributed by atoms with Gasteiger partial charge in [0.15, 0.2) is 17.5 Å². The third-order valence-electron chi connectivity index (χ3n) is 10.6. The van der Waals surface area contributed by atoms with Gasteiger partial charge >= 0.3 is 0 Å². The molecule has 10 rings (SSSR count). The third-order valence-corrected chi connectivity index (χ3v) is 10.6. The van der Waals surface area contributed by atoms with Crippen LogP contribution in [0.2, 0.25) is 0 Å². The number of benzene rings is 8. The van der Waals surface area contributed by atoms with E-state index in [0.29, 0.717) is 28.6 Å². The van der Waals surface area contributed by atoms with Gasteiger partial charge < -0.3 is 4.42 Å². The fourth-order valence-electron chi connectivity index (χ4n) is 7.63. The molecule has 6 heteroatoms. The van der Waals surface area contributed by atoms with Crippen molar-refractivity contribution in [2.75, 3.05) is 0 Å². The number of nitrogens with zero attached hydrogens (tertiary/aromatic N) is 5. The molecule has 0 unspecified atom stereocenters. The van der Waals surface area contributed by atoms with Gasteiger partial charge in [-0.1, -0.05) is 133 Å². The summed E-state index contributed by atoms with van der Waals surface area (Å²) in [6.45, 7) is 0. The van der Waals surface area contributed by atoms with Gasteiger partial charge in [0.2, 0.25) is 0 Å². The number of hydrogen-bond donors (Lipinski definition) is 0. The summed E-state index contributed by atoms with van der Waals surface area (Å²) in [6, 6.07) is 67.0. The van der Waals surface area contributed by atoms with Gasteiger partial charge in [0.25, 0.3) is 0 Å². The highest BCUT2D eigenvalue weighted by Gasteiger charge is 2.20. The van der Waals surface area contributed by atoms with Gasteiger partial charge in [0.05, 0.1) is 23.3 Å². The Balaban J connectivity index is 1.16. The van der Waals surface area contributed by atoms with Crippen molar-refractivity contribution >= 4 is 21.9 Å². The van der Waals surface area contributed by atoms with Crippen LogP contribution in [0, 0.1) is 22.7 Å². The maximum absolute atomic E-state index is 9.51.